The lowest BCUT2D eigenvalue weighted by Gasteiger charge is -2.12. The first-order valence-corrected chi connectivity index (χ1v) is 8.04. The van der Waals surface area contributed by atoms with E-state index in [0.717, 1.165) is 24.0 Å². The highest BCUT2D eigenvalue weighted by Gasteiger charge is 2.31. The molecule has 3 aromatic rings. The van der Waals surface area contributed by atoms with E-state index in [0.29, 0.717) is 5.82 Å². The number of aryl methyl sites for hydroxylation is 1. The summed E-state index contributed by atoms with van der Waals surface area (Å²) in [6.45, 7) is 1.77. The largest absolute Gasteiger partial charge is 0.573 e. The van der Waals surface area contributed by atoms with Gasteiger partial charge < -0.3 is 15.4 Å². The van der Waals surface area contributed by atoms with Gasteiger partial charge in [0.15, 0.2) is 0 Å². The molecular formula is C17H13F3N6O3. The highest BCUT2D eigenvalue weighted by atomic mass is 19.4. The Morgan fingerprint density at radius 1 is 1.00 bits per heavy atom. The molecule has 0 unspecified atom stereocenters. The third kappa shape index (κ3) is 5.06. The summed E-state index contributed by atoms with van der Waals surface area (Å²) < 4.78 is 40.5. The van der Waals surface area contributed by atoms with E-state index in [9.17, 15) is 23.3 Å². The zero-order valence-corrected chi connectivity index (χ0v) is 14.8. The van der Waals surface area contributed by atoms with Gasteiger partial charge >= 0.3 is 12.0 Å². The molecule has 0 radical (unpaired) electrons. The maximum atomic E-state index is 12.2. The second-order valence-corrected chi connectivity index (χ2v) is 5.67. The minimum atomic E-state index is -4.81. The molecule has 0 spiro atoms. The molecule has 3 rings (SSSR count). The number of nitrogens with zero attached hydrogens (tertiary/aromatic N) is 4. The van der Waals surface area contributed by atoms with Crippen molar-refractivity contribution < 1.29 is 22.8 Å². The van der Waals surface area contributed by atoms with Gasteiger partial charge in [-0.3, -0.25) is 10.1 Å². The Bertz CT molecular complexity index is 1030. The normalized spacial score (nSPS) is 11.0. The smallest absolute Gasteiger partial charge is 0.406 e. The van der Waals surface area contributed by atoms with Crippen LogP contribution in [0.5, 0.6) is 5.75 Å². The Hall–Kier alpha value is -3.96. The quantitative estimate of drug-likeness (QED) is 0.455. The van der Waals surface area contributed by atoms with Crippen LogP contribution in [0.15, 0.2) is 48.9 Å². The molecule has 12 heteroatoms. The van der Waals surface area contributed by atoms with Crippen LogP contribution in [0.25, 0.3) is 0 Å². The van der Waals surface area contributed by atoms with Gasteiger partial charge in [-0.25, -0.2) is 15.0 Å². The van der Waals surface area contributed by atoms with Crippen LogP contribution in [0, 0.1) is 17.0 Å². The number of nitro groups is 1. The number of pyridine rings is 1. The van der Waals surface area contributed by atoms with E-state index in [2.05, 4.69) is 30.3 Å². The molecular weight excluding hydrogens is 393 g/mol. The van der Waals surface area contributed by atoms with Crippen molar-refractivity contribution in [3.63, 3.8) is 0 Å². The van der Waals surface area contributed by atoms with Crippen molar-refractivity contribution in [3.8, 4) is 5.75 Å². The fourth-order valence-electron chi connectivity index (χ4n) is 2.34. The summed E-state index contributed by atoms with van der Waals surface area (Å²) >= 11 is 0. The number of aromatic nitrogens is 3. The number of halogens is 3. The molecule has 0 saturated heterocycles. The van der Waals surface area contributed by atoms with E-state index in [-0.39, 0.29) is 17.3 Å². The first-order valence-electron chi connectivity index (χ1n) is 8.04. The van der Waals surface area contributed by atoms with Crippen LogP contribution >= 0.6 is 0 Å². The summed E-state index contributed by atoms with van der Waals surface area (Å²) in [5.41, 5.74) is 0.560. The number of alkyl halides is 3. The number of anilines is 4. The van der Waals surface area contributed by atoms with Crippen molar-refractivity contribution in [1.82, 2.24) is 15.0 Å². The summed E-state index contributed by atoms with van der Waals surface area (Å²) in [4.78, 5) is 22.8. The van der Waals surface area contributed by atoms with Crippen molar-refractivity contribution in [1.29, 1.82) is 0 Å². The van der Waals surface area contributed by atoms with Crippen molar-refractivity contribution in [2.24, 2.45) is 0 Å². The lowest BCUT2D eigenvalue weighted by atomic mass is 10.3. The number of hydrogen-bond acceptors (Lipinski definition) is 8. The van der Waals surface area contributed by atoms with Crippen LogP contribution in [0.3, 0.4) is 0 Å². The summed E-state index contributed by atoms with van der Waals surface area (Å²) in [6, 6.07) is 8.16. The molecule has 0 fully saturated rings. The molecule has 0 saturated carbocycles. The predicted molar refractivity (Wildman–Crippen MR) is 97.4 cm³/mol. The van der Waals surface area contributed by atoms with Gasteiger partial charge in [0.2, 0.25) is 11.6 Å². The minimum Gasteiger partial charge on any atom is -0.406 e. The predicted octanol–water partition coefficient (Wildman–Crippen LogP) is 4.47. The number of ether oxygens (including phenoxy) is 1. The third-order valence-electron chi connectivity index (χ3n) is 3.60. The van der Waals surface area contributed by atoms with Gasteiger partial charge in [0.1, 0.15) is 17.9 Å². The SMILES string of the molecule is Cc1cccnc1Nc1ncnc(Nc2ccc(OC(F)(F)F)cc2)c1[N+](=O)[O-]. The average molecular weight is 406 g/mol. The molecule has 29 heavy (non-hydrogen) atoms. The van der Waals surface area contributed by atoms with E-state index in [1.807, 2.05) is 0 Å². The Morgan fingerprint density at radius 2 is 1.66 bits per heavy atom. The second-order valence-electron chi connectivity index (χ2n) is 5.67. The van der Waals surface area contributed by atoms with E-state index < -0.39 is 22.7 Å². The number of nitrogens with one attached hydrogen (secondary N) is 2. The van der Waals surface area contributed by atoms with Gasteiger partial charge in [-0.05, 0) is 42.8 Å². The third-order valence-corrected chi connectivity index (χ3v) is 3.60. The molecule has 9 nitrogen and oxygen atoms in total. The Morgan fingerprint density at radius 3 is 2.24 bits per heavy atom. The van der Waals surface area contributed by atoms with Crippen molar-refractivity contribution in [3.05, 3.63) is 64.6 Å². The van der Waals surface area contributed by atoms with E-state index in [1.165, 1.54) is 18.3 Å². The van der Waals surface area contributed by atoms with Gasteiger partial charge in [-0.15, -0.1) is 13.2 Å². The summed E-state index contributed by atoms with van der Waals surface area (Å²) in [5, 5.41) is 17.1. The number of hydrogen-bond donors (Lipinski definition) is 2. The van der Waals surface area contributed by atoms with Gasteiger partial charge in [0.25, 0.3) is 0 Å². The minimum absolute atomic E-state index is 0.0914. The number of benzene rings is 1. The van der Waals surface area contributed by atoms with Gasteiger partial charge in [0, 0.05) is 11.9 Å². The molecule has 2 aromatic heterocycles. The molecule has 150 valence electrons. The van der Waals surface area contributed by atoms with Gasteiger partial charge in [0.05, 0.1) is 4.92 Å². The Labute approximate surface area is 161 Å². The monoisotopic (exact) mass is 406 g/mol. The highest BCUT2D eigenvalue weighted by molar-refractivity contribution is 5.76. The van der Waals surface area contributed by atoms with E-state index >= 15 is 0 Å². The molecule has 2 N–H and O–H groups in total. The lowest BCUT2D eigenvalue weighted by molar-refractivity contribution is -0.383. The zero-order valence-electron chi connectivity index (χ0n) is 14.8. The summed E-state index contributed by atoms with van der Waals surface area (Å²) in [6.07, 6.45) is -2.19. The van der Waals surface area contributed by atoms with E-state index in [1.54, 1.807) is 19.1 Å². The maximum absolute atomic E-state index is 12.2. The molecule has 0 aliphatic heterocycles. The summed E-state index contributed by atoms with van der Waals surface area (Å²) in [5.74, 6) is -0.279. The van der Waals surface area contributed by atoms with Crippen molar-refractivity contribution in [2.45, 2.75) is 13.3 Å². The first kappa shape index (κ1) is 19.8. The first-order chi connectivity index (χ1) is 13.7. The molecule has 0 aliphatic carbocycles. The standard InChI is InChI=1S/C17H13F3N6O3/c1-10-3-2-8-21-14(10)25-16-13(26(27)28)15(22-9-23-16)24-11-4-6-12(7-5-11)29-17(18,19)20/h2-9H,1H3,(H2,21,22,23,24,25). The van der Waals surface area contributed by atoms with Crippen LogP contribution in [0.1, 0.15) is 5.56 Å². The molecule has 0 amide bonds. The van der Waals surface area contributed by atoms with Crippen LogP contribution < -0.4 is 15.4 Å². The Balaban J connectivity index is 1.88. The fourth-order valence-corrected chi connectivity index (χ4v) is 2.34. The van der Waals surface area contributed by atoms with Crippen molar-refractivity contribution in [2.75, 3.05) is 10.6 Å². The fraction of sp³-hybridized carbons (Fsp3) is 0.118. The molecule has 2 heterocycles. The van der Waals surface area contributed by atoms with Crippen LogP contribution in [0.2, 0.25) is 0 Å². The lowest BCUT2D eigenvalue weighted by Crippen LogP contribution is -2.17. The Kier molecular flexibility index (Phi) is 5.43. The topological polar surface area (TPSA) is 115 Å². The van der Waals surface area contributed by atoms with Crippen LogP contribution in [-0.4, -0.2) is 26.2 Å². The molecule has 0 atom stereocenters. The highest BCUT2D eigenvalue weighted by Crippen LogP contribution is 2.33. The van der Waals surface area contributed by atoms with Crippen LogP contribution in [-0.2, 0) is 0 Å². The molecule has 0 aliphatic rings. The van der Waals surface area contributed by atoms with Crippen molar-refractivity contribution >= 4 is 28.8 Å². The average Bonchev–Trinajstić information content (AvgIpc) is 2.64. The van der Waals surface area contributed by atoms with Gasteiger partial charge in [-0.2, -0.15) is 0 Å². The zero-order chi connectivity index (χ0) is 21.0. The summed E-state index contributed by atoms with van der Waals surface area (Å²) in [7, 11) is 0. The van der Waals surface area contributed by atoms with Gasteiger partial charge in [-0.1, -0.05) is 6.07 Å². The maximum Gasteiger partial charge on any atom is 0.573 e. The van der Waals surface area contributed by atoms with E-state index in [4.69, 9.17) is 0 Å². The molecule has 1 aromatic carbocycles. The molecule has 0 bridgehead atoms. The van der Waals surface area contributed by atoms with Crippen LogP contribution in [0.4, 0.5) is 42.0 Å². The number of rotatable bonds is 6. The second kappa shape index (κ2) is 7.96.